The number of hydrogen-bond acceptors (Lipinski definition) is 1. The number of hydrogen-bond donors (Lipinski definition) is 0. The summed E-state index contributed by atoms with van der Waals surface area (Å²) in [5.74, 6) is 0. The summed E-state index contributed by atoms with van der Waals surface area (Å²) in [5.41, 5.74) is 0. The standard InChI is InChI=1S/C5H5.C4H3S.2ClH.Zr/c2*1-2-4-5-3-1;;;/h1-3H,4H2;1-3H;2*1H;/q;;;;+2/p-2. The maximum absolute atomic E-state index is 2.30. The molecule has 0 spiro atoms. The normalized spacial score (nSPS) is 12.5. The largest absolute Gasteiger partial charge is 1.00 e. The predicted octanol–water partition coefficient (Wildman–Crippen LogP) is -3.69. The van der Waals surface area contributed by atoms with Crippen LogP contribution in [-0.4, -0.2) is 0 Å². The second-order valence-corrected chi connectivity index (χ2v) is 7.78. The Bertz CT molecular complexity index is 291. The van der Waals surface area contributed by atoms with Crippen LogP contribution in [0.2, 0.25) is 0 Å². The van der Waals surface area contributed by atoms with Crippen LogP contribution in [0.5, 0.6) is 0 Å². The number of allylic oxidation sites excluding steroid dienone is 4. The fourth-order valence-corrected chi connectivity index (χ4v) is 5.48. The third-order valence-electron chi connectivity index (χ3n) is 1.58. The molecule has 1 aromatic rings. The average molecular weight is 310 g/mol. The Hall–Kier alpha value is 0.643. The number of rotatable bonds is 2. The molecule has 0 fully saturated rings. The van der Waals surface area contributed by atoms with E-state index in [0.717, 1.165) is 0 Å². The van der Waals surface area contributed by atoms with Crippen molar-refractivity contribution in [3.63, 3.8) is 0 Å². The smallest absolute Gasteiger partial charge is 1.00 e. The van der Waals surface area contributed by atoms with Gasteiger partial charge in [0.15, 0.2) is 0 Å². The molecule has 0 radical (unpaired) electrons. The Kier molecular flexibility index (Phi) is 7.35. The van der Waals surface area contributed by atoms with Crippen molar-refractivity contribution in [2.75, 3.05) is 0 Å². The molecule has 0 aliphatic heterocycles. The molecule has 2 rings (SSSR count). The van der Waals surface area contributed by atoms with E-state index in [2.05, 4.69) is 35.7 Å². The summed E-state index contributed by atoms with van der Waals surface area (Å²) in [6, 6.07) is 4.43. The first-order chi connectivity index (χ1) is 5.45. The molecule has 0 atom stereocenters. The van der Waals surface area contributed by atoms with Gasteiger partial charge in [-0.05, 0) is 0 Å². The minimum Gasteiger partial charge on any atom is -1.00 e. The van der Waals surface area contributed by atoms with Gasteiger partial charge in [-0.25, -0.2) is 0 Å². The summed E-state index contributed by atoms with van der Waals surface area (Å²) in [4.78, 5) is 0. The van der Waals surface area contributed by atoms with Gasteiger partial charge in [0.05, 0.1) is 0 Å². The van der Waals surface area contributed by atoms with Crippen molar-refractivity contribution < 1.29 is 48.0 Å². The number of halogens is 2. The molecule has 0 aromatic carbocycles. The SMILES string of the molecule is C1=CC[C]([Zr+2][c]2cccs2)=C1.[Cl-].[Cl-]. The predicted molar refractivity (Wildman–Crippen MR) is 45.8 cm³/mol. The van der Waals surface area contributed by atoms with Crippen molar-refractivity contribution in [3.05, 3.63) is 39.0 Å². The fourth-order valence-electron chi connectivity index (χ4n) is 1.05. The molecule has 1 heterocycles. The van der Waals surface area contributed by atoms with Crippen LogP contribution >= 0.6 is 11.3 Å². The third-order valence-corrected chi connectivity index (χ3v) is 6.45. The Balaban J connectivity index is 0.000000720. The quantitative estimate of drug-likeness (QED) is 0.528. The Morgan fingerprint density at radius 2 is 2.15 bits per heavy atom. The maximum atomic E-state index is 2.30. The topological polar surface area (TPSA) is 0 Å². The van der Waals surface area contributed by atoms with Crippen LogP contribution in [0.25, 0.3) is 0 Å². The van der Waals surface area contributed by atoms with E-state index in [4.69, 9.17) is 0 Å². The van der Waals surface area contributed by atoms with Gasteiger partial charge < -0.3 is 24.8 Å². The van der Waals surface area contributed by atoms with Crippen LogP contribution < -0.4 is 27.4 Å². The average Bonchev–Trinajstić information content (AvgIpc) is 2.60. The molecule has 0 N–H and O–H groups in total. The summed E-state index contributed by atoms with van der Waals surface area (Å²) in [6.45, 7) is 0. The molecule has 1 aromatic heterocycles. The van der Waals surface area contributed by atoms with Crippen LogP contribution in [0.4, 0.5) is 0 Å². The minimum atomic E-state index is -0.349. The Morgan fingerprint density at radius 3 is 2.69 bits per heavy atom. The van der Waals surface area contributed by atoms with Crippen molar-refractivity contribution in [3.8, 4) is 0 Å². The molecular formula is C9H8Cl2SZr. The van der Waals surface area contributed by atoms with Crippen LogP contribution in [0.3, 0.4) is 0 Å². The van der Waals surface area contributed by atoms with E-state index in [0.29, 0.717) is 0 Å². The zero-order chi connectivity index (χ0) is 7.52. The van der Waals surface area contributed by atoms with Crippen LogP contribution in [-0.2, 0) is 23.2 Å². The van der Waals surface area contributed by atoms with Crippen molar-refractivity contribution in [1.29, 1.82) is 0 Å². The van der Waals surface area contributed by atoms with Crippen molar-refractivity contribution in [2.24, 2.45) is 0 Å². The van der Waals surface area contributed by atoms with Crippen LogP contribution in [0, 0.1) is 0 Å². The molecule has 68 valence electrons. The molecule has 1 aliphatic carbocycles. The first-order valence-corrected chi connectivity index (χ1v) is 6.95. The van der Waals surface area contributed by atoms with Crippen LogP contribution in [0.1, 0.15) is 6.42 Å². The van der Waals surface area contributed by atoms with Crippen molar-refractivity contribution in [2.45, 2.75) is 6.42 Å². The monoisotopic (exact) mass is 308 g/mol. The van der Waals surface area contributed by atoms with Gasteiger partial charge in [-0.1, -0.05) is 0 Å². The van der Waals surface area contributed by atoms with E-state index < -0.39 is 0 Å². The van der Waals surface area contributed by atoms with Crippen LogP contribution in [0.15, 0.2) is 39.0 Å². The third kappa shape index (κ3) is 4.12. The summed E-state index contributed by atoms with van der Waals surface area (Å²) < 4.78 is 3.35. The maximum Gasteiger partial charge on any atom is -1.00 e. The molecule has 13 heavy (non-hydrogen) atoms. The van der Waals surface area contributed by atoms with Crippen molar-refractivity contribution in [1.82, 2.24) is 0 Å². The molecule has 0 bridgehead atoms. The van der Waals surface area contributed by atoms with Crippen molar-refractivity contribution >= 4 is 13.9 Å². The molecule has 4 heteroatoms. The van der Waals surface area contributed by atoms with Gasteiger partial charge in [0.2, 0.25) is 0 Å². The van der Waals surface area contributed by atoms with Gasteiger partial charge in [-0.2, -0.15) is 0 Å². The molecule has 0 nitrogen and oxygen atoms in total. The van der Waals surface area contributed by atoms with E-state index >= 15 is 0 Å². The number of thiophene rings is 1. The summed E-state index contributed by atoms with van der Waals surface area (Å²) in [7, 11) is 0. The van der Waals surface area contributed by atoms with Gasteiger partial charge in [0.1, 0.15) is 0 Å². The summed E-state index contributed by atoms with van der Waals surface area (Å²) in [5, 5.41) is 2.18. The minimum absolute atomic E-state index is 0. The Labute approximate surface area is 107 Å². The van der Waals surface area contributed by atoms with Gasteiger partial charge in [-0.15, -0.1) is 0 Å². The first-order valence-electron chi connectivity index (χ1n) is 3.61. The first kappa shape index (κ1) is 13.6. The molecular weight excluding hydrogens is 302 g/mol. The second kappa shape index (κ2) is 7.00. The summed E-state index contributed by atoms with van der Waals surface area (Å²) >= 11 is 1.57. The zero-order valence-corrected chi connectivity index (χ0v) is 11.6. The fraction of sp³-hybridized carbons (Fsp3) is 0.111. The second-order valence-electron chi connectivity index (χ2n) is 2.43. The van der Waals surface area contributed by atoms with E-state index in [9.17, 15) is 0 Å². The Morgan fingerprint density at radius 1 is 1.31 bits per heavy atom. The van der Waals surface area contributed by atoms with E-state index in [1.54, 1.807) is 5.87 Å². The van der Waals surface area contributed by atoms with E-state index in [-0.39, 0.29) is 48.0 Å². The van der Waals surface area contributed by atoms with E-state index in [1.165, 1.54) is 6.42 Å². The van der Waals surface area contributed by atoms with Gasteiger partial charge >= 0.3 is 82.6 Å². The molecule has 1 aliphatic rings. The summed E-state index contributed by atoms with van der Waals surface area (Å²) in [6.07, 6.45) is 7.96. The van der Waals surface area contributed by atoms with Gasteiger partial charge in [-0.3, -0.25) is 0 Å². The van der Waals surface area contributed by atoms with Gasteiger partial charge in [0, 0.05) is 0 Å². The van der Waals surface area contributed by atoms with Gasteiger partial charge in [0.25, 0.3) is 0 Å². The van der Waals surface area contributed by atoms with E-state index in [1.807, 2.05) is 11.3 Å². The molecule has 0 saturated heterocycles. The molecule has 0 amide bonds. The molecule has 0 saturated carbocycles. The molecule has 0 unspecified atom stereocenters. The zero-order valence-electron chi connectivity index (χ0n) is 6.84.